The zero-order chi connectivity index (χ0) is 20.8. The summed E-state index contributed by atoms with van der Waals surface area (Å²) in [6.45, 7) is 5.40. The summed E-state index contributed by atoms with van der Waals surface area (Å²) in [5.41, 5.74) is 0.00685. The lowest BCUT2D eigenvalue weighted by Gasteiger charge is -2.62. The molecule has 30 heavy (non-hydrogen) atoms. The Bertz CT molecular complexity index is 808. The first-order chi connectivity index (χ1) is 14.4. The number of aliphatic hydroxyl groups is 2. The van der Waals surface area contributed by atoms with E-state index in [4.69, 9.17) is 19.0 Å². The summed E-state index contributed by atoms with van der Waals surface area (Å²) in [4.78, 5) is 0. The van der Waals surface area contributed by atoms with Crippen molar-refractivity contribution in [3.05, 3.63) is 24.2 Å². The molecule has 2 heterocycles. The van der Waals surface area contributed by atoms with Gasteiger partial charge in [0.15, 0.2) is 0 Å². The molecule has 4 aliphatic carbocycles. The monoisotopic (exact) mass is 416 g/mol. The van der Waals surface area contributed by atoms with Gasteiger partial charge in [0.05, 0.1) is 37.9 Å². The number of aliphatic hydroxyl groups excluding tert-OH is 1. The Morgan fingerprint density at radius 1 is 1.13 bits per heavy atom. The number of epoxide rings is 1. The van der Waals surface area contributed by atoms with Gasteiger partial charge in [-0.1, -0.05) is 13.8 Å². The lowest BCUT2D eigenvalue weighted by molar-refractivity contribution is -0.195. The molecule has 5 aliphatic rings. The number of hydrogen-bond donors (Lipinski definition) is 2. The van der Waals surface area contributed by atoms with Crippen LogP contribution in [0.15, 0.2) is 23.0 Å². The van der Waals surface area contributed by atoms with Crippen molar-refractivity contribution in [3.8, 4) is 0 Å². The lowest BCUT2D eigenvalue weighted by atomic mass is 9.43. The minimum absolute atomic E-state index is 0.114. The fourth-order valence-electron chi connectivity index (χ4n) is 8.99. The minimum atomic E-state index is -0.846. The summed E-state index contributed by atoms with van der Waals surface area (Å²) in [7, 11) is 0. The summed E-state index contributed by atoms with van der Waals surface area (Å²) < 4.78 is 17.9. The number of rotatable bonds is 4. The highest BCUT2D eigenvalue weighted by Crippen LogP contribution is 2.79. The Balaban J connectivity index is 1.29. The van der Waals surface area contributed by atoms with E-state index in [0.29, 0.717) is 42.3 Å². The zero-order valence-electron chi connectivity index (χ0n) is 18.3. The largest absolute Gasteiger partial charge is 0.472 e. The maximum atomic E-state index is 11.9. The van der Waals surface area contributed by atoms with Crippen LogP contribution in [0.1, 0.15) is 70.8 Å². The zero-order valence-corrected chi connectivity index (χ0v) is 18.3. The molecule has 1 aliphatic heterocycles. The Kier molecular flexibility index (Phi) is 4.18. The molecule has 166 valence electrons. The highest BCUT2D eigenvalue weighted by atomic mass is 16.6. The van der Waals surface area contributed by atoms with Crippen molar-refractivity contribution in [2.75, 3.05) is 13.2 Å². The third-order valence-electron chi connectivity index (χ3n) is 10.6. The molecular weight excluding hydrogens is 380 g/mol. The molecule has 0 radical (unpaired) electrons. The van der Waals surface area contributed by atoms with Gasteiger partial charge in [-0.05, 0) is 74.2 Å². The van der Waals surface area contributed by atoms with Gasteiger partial charge in [-0.3, -0.25) is 0 Å². The topological polar surface area (TPSA) is 75.4 Å². The van der Waals surface area contributed by atoms with E-state index in [1.807, 2.05) is 6.07 Å². The molecule has 6 rings (SSSR count). The Morgan fingerprint density at radius 3 is 2.77 bits per heavy atom. The van der Waals surface area contributed by atoms with E-state index in [-0.39, 0.29) is 23.7 Å². The Morgan fingerprint density at radius 2 is 2.00 bits per heavy atom. The molecule has 1 saturated heterocycles. The SMILES string of the molecule is C[C@]12CCC(OCCO)CC1CC[C@@H]1[C@H]2CC[C@]2(C)C(O)(c3ccoc3)CC3O[C@]312. The molecule has 4 saturated carbocycles. The molecule has 1 spiro atoms. The van der Waals surface area contributed by atoms with Gasteiger partial charge in [0.1, 0.15) is 11.2 Å². The van der Waals surface area contributed by atoms with Gasteiger partial charge in [-0.2, -0.15) is 0 Å². The summed E-state index contributed by atoms with van der Waals surface area (Å²) >= 11 is 0. The van der Waals surface area contributed by atoms with Crippen LogP contribution < -0.4 is 0 Å². The van der Waals surface area contributed by atoms with Gasteiger partial charge in [0, 0.05) is 17.4 Å². The highest BCUT2D eigenvalue weighted by molar-refractivity contribution is 5.37. The Labute approximate surface area is 179 Å². The number of ether oxygens (including phenoxy) is 2. The van der Waals surface area contributed by atoms with Gasteiger partial charge in [-0.15, -0.1) is 0 Å². The first-order valence-electron chi connectivity index (χ1n) is 12.0. The smallest absolute Gasteiger partial charge is 0.106 e. The third kappa shape index (κ3) is 2.23. The quantitative estimate of drug-likeness (QED) is 0.725. The highest BCUT2D eigenvalue weighted by Gasteiger charge is 2.84. The molecule has 2 N–H and O–H groups in total. The first kappa shape index (κ1) is 19.8. The Hall–Kier alpha value is -0.880. The van der Waals surface area contributed by atoms with Gasteiger partial charge in [-0.25, -0.2) is 0 Å². The van der Waals surface area contributed by atoms with E-state index in [1.54, 1.807) is 12.5 Å². The van der Waals surface area contributed by atoms with Crippen LogP contribution >= 0.6 is 0 Å². The molecule has 5 heteroatoms. The van der Waals surface area contributed by atoms with Crippen molar-refractivity contribution in [3.63, 3.8) is 0 Å². The molecule has 5 fully saturated rings. The number of hydrogen-bond acceptors (Lipinski definition) is 5. The van der Waals surface area contributed by atoms with Crippen molar-refractivity contribution in [1.29, 1.82) is 0 Å². The average molecular weight is 417 g/mol. The second kappa shape index (κ2) is 6.34. The maximum absolute atomic E-state index is 11.9. The van der Waals surface area contributed by atoms with E-state index in [0.717, 1.165) is 24.8 Å². The van der Waals surface area contributed by atoms with Crippen LogP contribution in [0.5, 0.6) is 0 Å². The maximum Gasteiger partial charge on any atom is 0.106 e. The van der Waals surface area contributed by atoms with Crippen LogP contribution in [0.2, 0.25) is 0 Å². The molecule has 0 amide bonds. The predicted molar refractivity (Wildman–Crippen MR) is 111 cm³/mol. The van der Waals surface area contributed by atoms with Crippen molar-refractivity contribution in [1.82, 2.24) is 0 Å². The molecule has 1 aromatic heterocycles. The van der Waals surface area contributed by atoms with Gasteiger partial charge in [0.2, 0.25) is 0 Å². The van der Waals surface area contributed by atoms with Crippen LogP contribution in [-0.2, 0) is 15.1 Å². The van der Waals surface area contributed by atoms with Gasteiger partial charge >= 0.3 is 0 Å². The standard InChI is InChI=1S/C25H36O5/c1-22-8-5-18(29-12-10-26)13-16(22)3-4-20-19(22)6-9-23(2)24(27,17-7-11-28-15-17)14-21-25(20,23)30-21/h7,11,15-16,18-21,26-27H,3-6,8-10,12-14H2,1-2H3/t16?,18?,19-,20-,21?,22+,23-,24?,25+/m1/s1. The van der Waals surface area contributed by atoms with Crippen molar-refractivity contribution >= 4 is 0 Å². The number of furan rings is 1. The van der Waals surface area contributed by atoms with Crippen LogP contribution in [0.25, 0.3) is 0 Å². The van der Waals surface area contributed by atoms with Crippen molar-refractivity contribution in [2.45, 2.75) is 88.6 Å². The van der Waals surface area contributed by atoms with Crippen LogP contribution in [0.4, 0.5) is 0 Å². The molecule has 0 aromatic carbocycles. The third-order valence-corrected chi connectivity index (χ3v) is 10.6. The fourth-order valence-corrected chi connectivity index (χ4v) is 8.99. The van der Waals surface area contributed by atoms with E-state index in [2.05, 4.69) is 13.8 Å². The molecule has 0 bridgehead atoms. The van der Waals surface area contributed by atoms with Crippen molar-refractivity contribution in [2.24, 2.45) is 28.6 Å². The van der Waals surface area contributed by atoms with Crippen LogP contribution in [0.3, 0.4) is 0 Å². The summed E-state index contributed by atoms with van der Waals surface area (Å²) in [5.74, 6) is 1.90. The summed E-state index contributed by atoms with van der Waals surface area (Å²) in [6.07, 6.45) is 12.7. The first-order valence-corrected chi connectivity index (χ1v) is 12.0. The summed E-state index contributed by atoms with van der Waals surface area (Å²) in [6, 6.07) is 1.95. The van der Waals surface area contributed by atoms with E-state index in [9.17, 15) is 5.11 Å². The van der Waals surface area contributed by atoms with Gasteiger partial charge < -0.3 is 24.1 Å². The molecule has 5 nitrogen and oxygen atoms in total. The fraction of sp³-hybridized carbons (Fsp3) is 0.840. The molecule has 9 atom stereocenters. The summed E-state index contributed by atoms with van der Waals surface area (Å²) in [5, 5.41) is 21.1. The van der Waals surface area contributed by atoms with Gasteiger partial charge in [0.25, 0.3) is 0 Å². The molecule has 4 unspecified atom stereocenters. The number of fused-ring (bicyclic) bond motifs is 3. The van der Waals surface area contributed by atoms with Crippen LogP contribution in [0, 0.1) is 28.6 Å². The second-order valence-electron chi connectivity index (χ2n) is 11.3. The minimum Gasteiger partial charge on any atom is -0.472 e. The van der Waals surface area contributed by atoms with E-state index >= 15 is 0 Å². The predicted octanol–water partition coefficient (Wildman–Crippen LogP) is 4.02. The normalized spacial score (nSPS) is 54.1. The average Bonchev–Trinajstić information content (AvgIpc) is 3.11. The van der Waals surface area contributed by atoms with Crippen molar-refractivity contribution < 1.29 is 24.1 Å². The van der Waals surface area contributed by atoms with E-state index in [1.165, 1.54) is 25.7 Å². The second-order valence-corrected chi connectivity index (χ2v) is 11.3. The van der Waals surface area contributed by atoms with Crippen LogP contribution in [-0.4, -0.2) is 41.2 Å². The lowest BCUT2D eigenvalue weighted by Crippen LogP contribution is -2.61. The molecule has 1 aromatic rings. The molecular formula is C25H36O5. The van der Waals surface area contributed by atoms with E-state index < -0.39 is 5.60 Å².